The van der Waals surface area contributed by atoms with Gasteiger partial charge in [0.25, 0.3) is 0 Å². The molecular formula is C13H22N2O3S. The van der Waals surface area contributed by atoms with Gasteiger partial charge in [-0.1, -0.05) is 25.7 Å². The molecule has 0 bridgehead atoms. The Hall–Kier alpha value is -0.750. The minimum atomic E-state index is -0.761. The third-order valence-corrected chi connectivity index (χ3v) is 5.09. The molecule has 2 rings (SSSR count). The summed E-state index contributed by atoms with van der Waals surface area (Å²) in [6.07, 6.45) is 5.44. The highest BCUT2D eigenvalue weighted by Gasteiger charge is 2.39. The third-order valence-electron chi connectivity index (χ3n) is 4.15. The molecule has 2 fully saturated rings. The van der Waals surface area contributed by atoms with Crippen LogP contribution in [0.2, 0.25) is 0 Å². The molecule has 0 aromatic carbocycles. The van der Waals surface area contributed by atoms with Gasteiger partial charge in [-0.15, -0.1) is 11.8 Å². The predicted molar refractivity (Wildman–Crippen MR) is 75.0 cm³/mol. The van der Waals surface area contributed by atoms with Crippen molar-refractivity contribution >= 4 is 23.6 Å². The van der Waals surface area contributed by atoms with Gasteiger partial charge in [-0.3, -0.25) is 14.9 Å². The Balaban J connectivity index is 1.92. The number of carboxylic acid groups (broad SMARTS) is 1. The Morgan fingerprint density at radius 1 is 1.26 bits per heavy atom. The number of carbonyl (C=O) groups is 2. The highest BCUT2D eigenvalue weighted by Crippen LogP contribution is 2.34. The second-order valence-corrected chi connectivity index (χ2v) is 6.52. The molecule has 1 aliphatic heterocycles. The number of hydrogen-bond donors (Lipinski definition) is 3. The number of carbonyl (C=O) groups excluding carboxylic acids is 1. The van der Waals surface area contributed by atoms with E-state index in [9.17, 15) is 14.7 Å². The first-order chi connectivity index (χ1) is 9.14. The fraction of sp³-hybridized carbons (Fsp3) is 0.846. The van der Waals surface area contributed by atoms with Crippen molar-refractivity contribution in [1.82, 2.24) is 10.6 Å². The molecule has 6 heteroatoms. The maximum Gasteiger partial charge on any atom is 0.311 e. The zero-order chi connectivity index (χ0) is 13.7. The quantitative estimate of drug-likeness (QED) is 0.677. The highest BCUT2D eigenvalue weighted by atomic mass is 32.2. The van der Waals surface area contributed by atoms with Gasteiger partial charge in [0.1, 0.15) is 0 Å². The smallest absolute Gasteiger partial charge is 0.311 e. The number of nitrogens with one attached hydrogen (secondary N) is 2. The minimum absolute atomic E-state index is 0.0603. The van der Waals surface area contributed by atoms with E-state index in [4.69, 9.17) is 0 Å². The maximum absolute atomic E-state index is 12.0. The lowest BCUT2D eigenvalue weighted by Gasteiger charge is -2.28. The van der Waals surface area contributed by atoms with Gasteiger partial charge in [0, 0.05) is 18.2 Å². The van der Waals surface area contributed by atoms with Gasteiger partial charge in [-0.05, 0) is 12.8 Å². The molecule has 1 saturated carbocycles. The number of aliphatic carboxylic acids is 1. The van der Waals surface area contributed by atoms with Crippen molar-refractivity contribution in [3.63, 3.8) is 0 Å². The van der Waals surface area contributed by atoms with Crippen LogP contribution < -0.4 is 10.6 Å². The van der Waals surface area contributed by atoms with E-state index < -0.39 is 11.4 Å². The predicted octanol–water partition coefficient (Wildman–Crippen LogP) is 1.19. The van der Waals surface area contributed by atoms with E-state index in [1.165, 1.54) is 0 Å². The van der Waals surface area contributed by atoms with Gasteiger partial charge in [0.2, 0.25) is 5.91 Å². The van der Waals surface area contributed by atoms with Crippen molar-refractivity contribution in [2.24, 2.45) is 5.41 Å². The Morgan fingerprint density at radius 3 is 2.47 bits per heavy atom. The molecule has 5 nitrogen and oxygen atoms in total. The molecule has 2 aliphatic rings. The van der Waals surface area contributed by atoms with E-state index in [0.717, 1.165) is 37.3 Å². The zero-order valence-electron chi connectivity index (χ0n) is 11.1. The van der Waals surface area contributed by atoms with Crippen LogP contribution in [0.15, 0.2) is 0 Å². The van der Waals surface area contributed by atoms with Crippen molar-refractivity contribution in [3.05, 3.63) is 0 Å². The summed E-state index contributed by atoms with van der Waals surface area (Å²) in [6.45, 7) is 0.268. The van der Waals surface area contributed by atoms with E-state index in [1.54, 1.807) is 11.8 Å². The van der Waals surface area contributed by atoms with Gasteiger partial charge >= 0.3 is 5.97 Å². The van der Waals surface area contributed by atoms with Crippen molar-refractivity contribution in [2.75, 3.05) is 18.2 Å². The summed E-state index contributed by atoms with van der Waals surface area (Å²) in [5.41, 5.74) is -0.752. The molecule has 1 amide bonds. The summed E-state index contributed by atoms with van der Waals surface area (Å²) in [4.78, 5) is 23.6. The van der Waals surface area contributed by atoms with Crippen molar-refractivity contribution < 1.29 is 14.7 Å². The first kappa shape index (κ1) is 14.7. The molecule has 3 N–H and O–H groups in total. The Bertz CT molecular complexity index is 335. The number of carboxylic acids is 1. The van der Waals surface area contributed by atoms with Gasteiger partial charge in [0.05, 0.1) is 11.5 Å². The minimum Gasteiger partial charge on any atom is -0.481 e. The number of thioether (sulfide) groups is 1. The lowest BCUT2D eigenvalue weighted by Crippen LogP contribution is -2.48. The average Bonchev–Trinajstić information content (AvgIpc) is 2.82. The summed E-state index contributed by atoms with van der Waals surface area (Å²) >= 11 is 1.69. The lowest BCUT2D eigenvalue weighted by atomic mass is 9.80. The molecule has 1 atom stereocenters. The first-order valence-electron chi connectivity index (χ1n) is 6.96. The molecule has 0 aromatic heterocycles. The summed E-state index contributed by atoms with van der Waals surface area (Å²) in [5.74, 6) is 0.743. The lowest BCUT2D eigenvalue weighted by molar-refractivity contribution is -0.149. The van der Waals surface area contributed by atoms with Gasteiger partial charge in [-0.2, -0.15) is 0 Å². The fourth-order valence-corrected chi connectivity index (χ4v) is 3.76. The standard InChI is InChI=1S/C13H22N2O3S/c16-11(10-7-19-9-15-10)14-8-13(12(17)18)5-3-1-2-4-6-13/h10,15H,1-9H2,(H,14,16)(H,17,18). The summed E-state index contributed by atoms with van der Waals surface area (Å²) in [5, 5.41) is 15.5. The fourth-order valence-electron chi connectivity index (χ4n) is 2.81. The van der Waals surface area contributed by atoms with Crippen LogP contribution in [0.25, 0.3) is 0 Å². The first-order valence-corrected chi connectivity index (χ1v) is 8.12. The van der Waals surface area contributed by atoms with Crippen LogP contribution in [0.1, 0.15) is 38.5 Å². The van der Waals surface area contributed by atoms with Crippen LogP contribution in [0, 0.1) is 5.41 Å². The number of amides is 1. The van der Waals surface area contributed by atoms with Gasteiger partial charge < -0.3 is 10.4 Å². The second kappa shape index (κ2) is 6.61. The van der Waals surface area contributed by atoms with Crippen LogP contribution >= 0.6 is 11.8 Å². The normalized spacial score (nSPS) is 26.6. The van der Waals surface area contributed by atoms with Gasteiger partial charge in [0.15, 0.2) is 0 Å². The van der Waals surface area contributed by atoms with E-state index in [0.29, 0.717) is 12.8 Å². The third kappa shape index (κ3) is 3.63. The number of hydrogen-bond acceptors (Lipinski definition) is 4. The topological polar surface area (TPSA) is 78.4 Å². The van der Waals surface area contributed by atoms with Crippen LogP contribution in [-0.2, 0) is 9.59 Å². The molecule has 1 unspecified atom stereocenters. The van der Waals surface area contributed by atoms with E-state index >= 15 is 0 Å². The SMILES string of the molecule is O=C(NCC1(C(=O)O)CCCCCC1)C1CSCN1. The van der Waals surface area contributed by atoms with Crippen LogP contribution in [0.5, 0.6) is 0 Å². The van der Waals surface area contributed by atoms with E-state index in [-0.39, 0.29) is 18.5 Å². The molecule has 108 valence electrons. The van der Waals surface area contributed by atoms with Crippen molar-refractivity contribution in [3.8, 4) is 0 Å². The molecule has 0 radical (unpaired) electrons. The Kier molecular flexibility index (Phi) is 5.10. The molecule has 19 heavy (non-hydrogen) atoms. The molecular weight excluding hydrogens is 264 g/mol. The van der Waals surface area contributed by atoms with Gasteiger partial charge in [-0.25, -0.2) is 0 Å². The maximum atomic E-state index is 12.0. The molecule has 0 aromatic rings. The zero-order valence-corrected chi connectivity index (χ0v) is 11.9. The van der Waals surface area contributed by atoms with E-state index in [1.807, 2.05) is 0 Å². The summed E-state index contributed by atoms with van der Waals surface area (Å²) in [7, 11) is 0. The van der Waals surface area contributed by atoms with Crippen molar-refractivity contribution in [2.45, 2.75) is 44.6 Å². The van der Waals surface area contributed by atoms with Crippen LogP contribution in [0.3, 0.4) is 0 Å². The second-order valence-electron chi connectivity index (χ2n) is 5.49. The Labute approximate surface area is 117 Å². The largest absolute Gasteiger partial charge is 0.481 e. The van der Waals surface area contributed by atoms with E-state index in [2.05, 4.69) is 10.6 Å². The van der Waals surface area contributed by atoms with Crippen molar-refractivity contribution in [1.29, 1.82) is 0 Å². The Morgan fingerprint density at radius 2 is 1.95 bits per heavy atom. The molecule has 1 aliphatic carbocycles. The molecule has 0 spiro atoms. The molecule has 1 heterocycles. The average molecular weight is 286 g/mol. The van der Waals surface area contributed by atoms with Crippen LogP contribution in [-0.4, -0.2) is 41.2 Å². The summed E-state index contributed by atoms with van der Waals surface area (Å²) < 4.78 is 0. The van der Waals surface area contributed by atoms with Crippen LogP contribution in [0.4, 0.5) is 0 Å². The summed E-state index contributed by atoms with van der Waals surface area (Å²) in [6, 6.07) is -0.165. The molecule has 1 saturated heterocycles. The highest BCUT2D eigenvalue weighted by molar-refractivity contribution is 7.99. The number of rotatable bonds is 4. The monoisotopic (exact) mass is 286 g/mol.